The van der Waals surface area contributed by atoms with Crippen molar-refractivity contribution in [1.82, 2.24) is 10.2 Å². The van der Waals surface area contributed by atoms with Crippen LogP contribution in [0.4, 0.5) is 0 Å². The van der Waals surface area contributed by atoms with Crippen molar-refractivity contribution >= 4 is 5.91 Å². The summed E-state index contributed by atoms with van der Waals surface area (Å²) in [5.41, 5.74) is 2.08. The minimum absolute atomic E-state index is 0.0440. The van der Waals surface area contributed by atoms with E-state index in [0.717, 1.165) is 29.0 Å². The lowest BCUT2D eigenvalue weighted by molar-refractivity contribution is -0.123. The van der Waals surface area contributed by atoms with E-state index in [1.807, 2.05) is 49.4 Å². The van der Waals surface area contributed by atoms with E-state index >= 15 is 0 Å². The quantitative estimate of drug-likeness (QED) is 0.847. The van der Waals surface area contributed by atoms with Gasteiger partial charge in [-0.15, -0.1) is 0 Å². The molecule has 1 aliphatic heterocycles. The van der Waals surface area contributed by atoms with E-state index in [4.69, 9.17) is 9.47 Å². The Hall–Kier alpha value is -2.53. The van der Waals surface area contributed by atoms with Gasteiger partial charge in [-0.2, -0.15) is 0 Å². The van der Waals surface area contributed by atoms with E-state index in [9.17, 15) is 4.79 Å². The maximum atomic E-state index is 12.5. The minimum atomic E-state index is -0.207. The van der Waals surface area contributed by atoms with Crippen LogP contribution in [-0.2, 0) is 11.3 Å². The molecule has 0 unspecified atom stereocenters. The molecule has 1 heterocycles. The second kappa shape index (κ2) is 8.91. The molecule has 144 valence electrons. The Balaban J connectivity index is 1.86. The lowest BCUT2D eigenvalue weighted by atomic mass is 10.1. The van der Waals surface area contributed by atoms with Gasteiger partial charge in [0.2, 0.25) is 5.91 Å². The monoisotopic (exact) mass is 368 g/mol. The normalized spacial score (nSPS) is 18.0. The van der Waals surface area contributed by atoms with Gasteiger partial charge in [-0.25, -0.2) is 0 Å². The van der Waals surface area contributed by atoms with Crippen molar-refractivity contribution in [3.05, 3.63) is 59.7 Å². The summed E-state index contributed by atoms with van der Waals surface area (Å²) in [5, 5.41) is 3.05. The van der Waals surface area contributed by atoms with E-state index in [1.165, 1.54) is 0 Å². The van der Waals surface area contributed by atoms with Crippen LogP contribution < -0.4 is 14.8 Å². The van der Waals surface area contributed by atoms with Gasteiger partial charge in [-0.1, -0.05) is 43.3 Å². The average molecular weight is 368 g/mol. The first-order chi connectivity index (χ1) is 13.1. The van der Waals surface area contributed by atoms with E-state index in [0.29, 0.717) is 19.6 Å². The maximum Gasteiger partial charge on any atom is 0.234 e. The molecule has 1 N–H and O–H groups in total. The number of hydrogen-bond donors (Lipinski definition) is 1. The molecule has 3 rings (SSSR count). The first kappa shape index (κ1) is 19.2. The Kier molecular flexibility index (Phi) is 6.35. The molecule has 2 aromatic rings. The van der Waals surface area contributed by atoms with Crippen LogP contribution >= 0.6 is 0 Å². The van der Waals surface area contributed by atoms with Crippen LogP contribution in [0, 0.1) is 0 Å². The zero-order valence-electron chi connectivity index (χ0n) is 16.3. The highest BCUT2D eigenvalue weighted by Crippen LogP contribution is 2.34. The van der Waals surface area contributed by atoms with Crippen LogP contribution in [0.1, 0.15) is 37.5 Å². The third kappa shape index (κ3) is 4.80. The molecule has 2 aromatic carbocycles. The summed E-state index contributed by atoms with van der Waals surface area (Å²) in [5.74, 6) is 1.70. The molecule has 1 aliphatic rings. The Bertz CT molecular complexity index is 778. The molecular formula is C22H28N2O3. The van der Waals surface area contributed by atoms with Gasteiger partial charge in [-0.3, -0.25) is 9.69 Å². The van der Waals surface area contributed by atoms with Crippen LogP contribution in [0.25, 0.3) is 0 Å². The number of fused-ring (bicyclic) bond motifs is 1. The Morgan fingerprint density at radius 3 is 2.78 bits per heavy atom. The molecule has 27 heavy (non-hydrogen) atoms. The van der Waals surface area contributed by atoms with Crippen molar-refractivity contribution in [1.29, 1.82) is 0 Å². The fraction of sp³-hybridized carbons (Fsp3) is 0.409. The zero-order valence-corrected chi connectivity index (χ0v) is 16.3. The summed E-state index contributed by atoms with van der Waals surface area (Å²) in [7, 11) is 1.67. The zero-order chi connectivity index (χ0) is 19.2. The van der Waals surface area contributed by atoms with Crippen LogP contribution in [0.5, 0.6) is 11.5 Å². The van der Waals surface area contributed by atoms with Crippen molar-refractivity contribution in [2.75, 3.05) is 20.2 Å². The third-order valence-electron chi connectivity index (χ3n) is 4.93. The molecule has 0 saturated carbocycles. The molecule has 0 radical (unpaired) electrons. The summed E-state index contributed by atoms with van der Waals surface area (Å²) >= 11 is 0. The van der Waals surface area contributed by atoms with Gasteiger partial charge < -0.3 is 14.8 Å². The number of amides is 1. The van der Waals surface area contributed by atoms with Crippen molar-refractivity contribution in [3.8, 4) is 11.5 Å². The number of hydrogen-bond acceptors (Lipinski definition) is 4. The van der Waals surface area contributed by atoms with Gasteiger partial charge in [0.1, 0.15) is 17.6 Å². The highest BCUT2D eigenvalue weighted by molar-refractivity contribution is 5.78. The van der Waals surface area contributed by atoms with Crippen LogP contribution in [0.3, 0.4) is 0 Å². The molecule has 2 atom stereocenters. The lowest BCUT2D eigenvalue weighted by Gasteiger charge is -2.25. The molecule has 0 saturated heterocycles. The number of carbonyl (C=O) groups is 1. The van der Waals surface area contributed by atoms with Gasteiger partial charge >= 0.3 is 0 Å². The highest BCUT2D eigenvalue weighted by Gasteiger charge is 2.27. The van der Waals surface area contributed by atoms with Crippen LogP contribution in [-0.4, -0.2) is 37.0 Å². The summed E-state index contributed by atoms with van der Waals surface area (Å²) in [6.07, 6.45) is 0.711. The van der Waals surface area contributed by atoms with Crippen molar-refractivity contribution in [2.45, 2.75) is 39.0 Å². The molecule has 0 aromatic heterocycles. The van der Waals surface area contributed by atoms with Crippen LogP contribution in [0.15, 0.2) is 48.5 Å². The predicted octanol–water partition coefficient (Wildman–Crippen LogP) is 3.55. The molecule has 0 aliphatic carbocycles. The second-order valence-corrected chi connectivity index (χ2v) is 7.00. The number of methoxy groups -OCH3 is 1. The number of ether oxygens (including phenoxy) is 2. The number of carbonyl (C=O) groups excluding carboxylic acids is 1. The maximum absolute atomic E-state index is 12.5. The van der Waals surface area contributed by atoms with Crippen molar-refractivity contribution in [3.63, 3.8) is 0 Å². The van der Waals surface area contributed by atoms with E-state index < -0.39 is 0 Å². The lowest BCUT2D eigenvalue weighted by Crippen LogP contribution is -2.41. The smallest absolute Gasteiger partial charge is 0.234 e. The van der Waals surface area contributed by atoms with E-state index in [2.05, 4.69) is 23.2 Å². The van der Waals surface area contributed by atoms with Gasteiger partial charge in [-0.05, 0) is 25.5 Å². The summed E-state index contributed by atoms with van der Waals surface area (Å²) in [4.78, 5) is 14.6. The Morgan fingerprint density at radius 2 is 2.00 bits per heavy atom. The Morgan fingerprint density at radius 1 is 1.26 bits per heavy atom. The first-order valence-electron chi connectivity index (χ1n) is 9.50. The predicted molar refractivity (Wildman–Crippen MR) is 106 cm³/mol. The van der Waals surface area contributed by atoms with Gasteiger partial charge in [0, 0.05) is 30.3 Å². The molecule has 0 fully saturated rings. The van der Waals surface area contributed by atoms with E-state index in [1.54, 1.807) is 7.11 Å². The molecule has 5 heteroatoms. The summed E-state index contributed by atoms with van der Waals surface area (Å²) in [6.45, 7) is 5.72. The molecule has 1 amide bonds. The van der Waals surface area contributed by atoms with Crippen LogP contribution in [0.2, 0.25) is 0 Å². The van der Waals surface area contributed by atoms with Gasteiger partial charge in [0.15, 0.2) is 0 Å². The molecule has 5 nitrogen and oxygen atoms in total. The number of para-hydroxylation sites is 2. The third-order valence-corrected chi connectivity index (χ3v) is 4.93. The number of benzene rings is 2. The fourth-order valence-electron chi connectivity index (χ4n) is 3.32. The standard InChI is InChI=1S/C22H28N2O3/c1-4-16(2)23-22(25)15-24-13-17-9-5-7-11-19(17)27-21(14-24)18-10-6-8-12-20(18)26-3/h5-12,16,21H,4,13-15H2,1-3H3,(H,23,25)/t16-,21-/m0/s1. The number of nitrogens with one attached hydrogen (secondary N) is 1. The largest absolute Gasteiger partial charge is 0.496 e. The fourth-order valence-corrected chi connectivity index (χ4v) is 3.32. The minimum Gasteiger partial charge on any atom is -0.496 e. The van der Waals surface area contributed by atoms with E-state index in [-0.39, 0.29) is 18.1 Å². The van der Waals surface area contributed by atoms with Gasteiger partial charge in [0.25, 0.3) is 0 Å². The first-order valence-corrected chi connectivity index (χ1v) is 9.50. The molecular weight excluding hydrogens is 340 g/mol. The average Bonchev–Trinajstić information content (AvgIpc) is 2.86. The van der Waals surface area contributed by atoms with Gasteiger partial charge in [0.05, 0.1) is 13.7 Å². The second-order valence-electron chi connectivity index (χ2n) is 7.00. The molecule has 0 bridgehead atoms. The molecule has 0 spiro atoms. The summed E-state index contributed by atoms with van der Waals surface area (Å²) in [6, 6.07) is 16.1. The SMILES string of the molecule is CC[C@H](C)NC(=O)CN1Cc2ccccc2O[C@H](c2ccccc2OC)C1. The topological polar surface area (TPSA) is 50.8 Å². The van der Waals surface area contributed by atoms with Crippen molar-refractivity contribution in [2.24, 2.45) is 0 Å². The number of rotatable bonds is 6. The highest BCUT2D eigenvalue weighted by atomic mass is 16.5. The number of nitrogens with zero attached hydrogens (tertiary/aromatic N) is 1. The summed E-state index contributed by atoms with van der Waals surface area (Å²) < 4.78 is 11.9. The Labute approximate surface area is 161 Å². The van der Waals surface area contributed by atoms with Crippen molar-refractivity contribution < 1.29 is 14.3 Å².